The van der Waals surface area contributed by atoms with E-state index >= 15 is 0 Å². The first-order chi connectivity index (χ1) is 9.25. The van der Waals surface area contributed by atoms with Crippen molar-refractivity contribution in [1.29, 1.82) is 0 Å². The molecule has 0 spiro atoms. The molecule has 0 bridgehead atoms. The average Bonchev–Trinajstić information content (AvgIpc) is 2.81. The zero-order valence-electron chi connectivity index (χ0n) is 9.78. The molecule has 1 heterocycles. The Bertz CT molecular complexity index is 938. The molecule has 0 aliphatic carbocycles. The summed E-state index contributed by atoms with van der Waals surface area (Å²) in [5, 5.41) is 5.28. The summed E-state index contributed by atoms with van der Waals surface area (Å²) in [6.45, 7) is 0. The van der Waals surface area contributed by atoms with Gasteiger partial charge in [-0.15, -0.1) is 11.3 Å². The minimum atomic E-state index is 1.17. The van der Waals surface area contributed by atoms with Crippen LogP contribution in [0.15, 0.2) is 57.5 Å². The van der Waals surface area contributed by atoms with Crippen molar-refractivity contribution in [2.75, 3.05) is 0 Å². The number of halogens is 2. The third-order valence-electron chi connectivity index (χ3n) is 3.40. The molecule has 0 fully saturated rings. The van der Waals surface area contributed by atoms with Crippen molar-refractivity contribution in [1.82, 2.24) is 0 Å². The van der Waals surface area contributed by atoms with Crippen LogP contribution < -0.4 is 0 Å². The molecule has 4 rings (SSSR count). The molecule has 92 valence electrons. The molecule has 0 atom stereocenters. The first kappa shape index (κ1) is 11.9. The van der Waals surface area contributed by atoms with E-state index in [0.717, 1.165) is 0 Å². The maximum Gasteiger partial charge on any atom is 0.0504 e. The van der Waals surface area contributed by atoms with Crippen molar-refractivity contribution in [3.05, 3.63) is 57.5 Å². The van der Waals surface area contributed by atoms with Gasteiger partial charge in [0.2, 0.25) is 0 Å². The van der Waals surface area contributed by atoms with Crippen LogP contribution in [0.25, 0.3) is 30.9 Å². The van der Waals surface area contributed by atoms with E-state index in [1.807, 2.05) is 11.3 Å². The number of hydrogen-bond acceptors (Lipinski definition) is 1. The highest BCUT2D eigenvalue weighted by atomic mass is 79.9. The third kappa shape index (κ3) is 1.69. The van der Waals surface area contributed by atoms with Gasteiger partial charge in [0.05, 0.1) is 4.70 Å². The maximum absolute atomic E-state index is 3.72. The van der Waals surface area contributed by atoms with Crippen molar-refractivity contribution in [2.24, 2.45) is 0 Å². The van der Waals surface area contributed by atoms with Crippen LogP contribution in [0.1, 0.15) is 0 Å². The van der Waals surface area contributed by atoms with Crippen LogP contribution in [0.4, 0.5) is 0 Å². The van der Waals surface area contributed by atoms with Gasteiger partial charge in [0.1, 0.15) is 0 Å². The highest BCUT2D eigenvalue weighted by molar-refractivity contribution is 9.11. The largest absolute Gasteiger partial charge is 0.133 e. The summed E-state index contributed by atoms with van der Waals surface area (Å²) in [5.74, 6) is 0. The van der Waals surface area contributed by atoms with E-state index in [1.165, 1.54) is 39.9 Å². The topological polar surface area (TPSA) is 0 Å². The molecule has 0 saturated carbocycles. The molecule has 0 nitrogen and oxygen atoms in total. The fourth-order valence-electron chi connectivity index (χ4n) is 2.57. The van der Waals surface area contributed by atoms with E-state index in [9.17, 15) is 0 Å². The molecule has 3 heteroatoms. The Kier molecular flexibility index (Phi) is 2.69. The molecular formula is C16H8Br2S. The molecule has 0 radical (unpaired) electrons. The predicted molar refractivity (Wildman–Crippen MR) is 92.2 cm³/mol. The molecule has 19 heavy (non-hydrogen) atoms. The molecule has 4 aromatic rings. The van der Waals surface area contributed by atoms with Crippen LogP contribution in [0.3, 0.4) is 0 Å². The van der Waals surface area contributed by atoms with E-state index in [2.05, 4.69) is 80.4 Å². The number of hydrogen-bond donors (Lipinski definition) is 0. The first-order valence-corrected chi connectivity index (χ1v) is 8.34. The highest BCUT2D eigenvalue weighted by Crippen LogP contribution is 2.44. The first-order valence-electron chi connectivity index (χ1n) is 5.93. The Balaban J connectivity index is 2.40. The van der Waals surface area contributed by atoms with Crippen molar-refractivity contribution in [3.8, 4) is 0 Å². The molecule has 3 aromatic carbocycles. The third-order valence-corrected chi connectivity index (χ3v) is 6.48. The summed E-state index contributed by atoms with van der Waals surface area (Å²) in [6.07, 6.45) is 0. The molecule has 0 saturated heterocycles. The van der Waals surface area contributed by atoms with Gasteiger partial charge in [0.25, 0.3) is 0 Å². The maximum atomic E-state index is 3.72. The summed E-state index contributed by atoms with van der Waals surface area (Å²) in [7, 11) is 0. The predicted octanol–water partition coefficient (Wildman–Crippen LogP) is 6.73. The number of benzene rings is 3. The molecule has 1 aromatic heterocycles. The second-order valence-electron chi connectivity index (χ2n) is 4.50. The van der Waals surface area contributed by atoms with E-state index < -0.39 is 0 Å². The molecule has 0 unspecified atom stereocenters. The van der Waals surface area contributed by atoms with Crippen LogP contribution in [0, 0.1) is 0 Å². The summed E-state index contributed by atoms with van der Waals surface area (Å²) in [4.78, 5) is 0. The van der Waals surface area contributed by atoms with Gasteiger partial charge in [-0.05, 0) is 54.8 Å². The Morgan fingerprint density at radius 2 is 1.53 bits per heavy atom. The van der Waals surface area contributed by atoms with E-state index in [-0.39, 0.29) is 0 Å². The normalized spacial score (nSPS) is 11.7. The number of thiophene rings is 1. The van der Waals surface area contributed by atoms with E-state index in [1.54, 1.807) is 0 Å². The van der Waals surface area contributed by atoms with Crippen LogP contribution >= 0.6 is 43.2 Å². The lowest BCUT2D eigenvalue weighted by Gasteiger charge is -2.02. The lowest BCUT2D eigenvalue weighted by molar-refractivity contribution is 1.78. The molecule has 0 amide bonds. The van der Waals surface area contributed by atoms with Gasteiger partial charge >= 0.3 is 0 Å². The van der Waals surface area contributed by atoms with E-state index in [4.69, 9.17) is 0 Å². The summed E-state index contributed by atoms with van der Waals surface area (Å²) in [5.41, 5.74) is 0. The van der Waals surface area contributed by atoms with Crippen molar-refractivity contribution < 1.29 is 0 Å². The highest BCUT2D eigenvalue weighted by Gasteiger charge is 2.13. The minimum Gasteiger partial charge on any atom is -0.133 e. The van der Waals surface area contributed by atoms with Crippen LogP contribution in [-0.2, 0) is 0 Å². The average molecular weight is 392 g/mol. The van der Waals surface area contributed by atoms with Crippen molar-refractivity contribution in [2.45, 2.75) is 0 Å². The lowest BCUT2D eigenvalue weighted by atomic mass is 10.0. The van der Waals surface area contributed by atoms with Crippen LogP contribution in [0.2, 0.25) is 0 Å². The Hall–Kier alpha value is -0.900. The lowest BCUT2D eigenvalue weighted by Crippen LogP contribution is -1.75. The summed E-state index contributed by atoms with van der Waals surface area (Å²) >= 11 is 9.21. The molecule has 0 N–H and O–H groups in total. The number of rotatable bonds is 0. The fraction of sp³-hybridized carbons (Fsp3) is 0. The zero-order chi connectivity index (χ0) is 13.0. The van der Waals surface area contributed by atoms with Crippen LogP contribution in [0.5, 0.6) is 0 Å². The zero-order valence-corrected chi connectivity index (χ0v) is 13.8. The SMILES string of the molecule is Brc1cccc2c1sc1c(Br)cc3ccccc3c12. The molecule has 0 aliphatic rings. The quantitative estimate of drug-likeness (QED) is 0.311. The minimum absolute atomic E-state index is 1.17. The smallest absolute Gasteiger partial charge is 0.0504 e. The summed E-state index contributed by atoms with van der Waals surface area (Å²) in [6, 6.07) is 17.2. The van der Waals surface area contributed by atoms with Crippen LogP contribution in [-0.4, -0.2) is 0 Å². The number of fused-ring (bicyclic) bond motifs is 5. The Morgan fingerprint density at radius 3 is 2.42 bits per heavy atom. The standard InChI is InChI=1S/C16H8Br2S/c17-12-7-3-6-11-14-10-5-2-1-4-9(10)8-13(18)16(14)19-15(11)12/h1-8H. The van der Waals surface area contributed by atoms with Gasteiger partial charge in [-0.1, -0.05) is 36.4 Å². The summed E-state index contributed by atoms with van der Waals surface area (Å²) < 4.78 is 4.98. The molecule has 0 aliphatic heterocycles. The van der Waals surface area contributed by atoms with Gasteiger partial charge < -0.3 is 0 Å². The fourth-order valence-corrected chi connectivity index (χ4v) is 5.00. The monoisotopic (exact) mass is 390 g/mol. The van der Waals surface area contributed by atoms with Gasteiger partial charge in [-0.2, -0.15) is 0 Å². The van der Waals surface area contributed by atoms with Crippen molar-refractivity contribution in [3.63, 3.8) is 0 Å². The van der Waals surface area contributed by atoms with Gasteiger partial charge in [-0.25, -0.2) is 0 Å². The van der Waals surface area contributed by atoms with E-state index in [0.29, 0.717) is 0 Å². The Labute approximate surface area is 131 Å². The second kappa shape index (κ2) is 4.30. The second-order valence-corrected chi connectivity index (χ2v) is 7.23. The van der Waals surface area contributed by atoms with Crippen molar-refractivity contribution >= 4 is 74.1 Å². The van der Waals surface area contributed by atoms with Gasteiger partial charge in [0.15, 0.2) is 0 Å². The molecular weight excluding hydrogens is 384 g/mol. The Morgan fingerprint density at radius 1 is 0.737 bits per heavy atom. The van der Waals surface area contributed by atoms with Gasteiger partial charge in [0, 0.05) is 24.4 Å². The van der Waals surface area contributed by atoms with Gasteiger partial charge in [-0.3, -0.25) is 0 Å².